The highest BCUT2D eigenvalue weighted by atomic mass is 16.6. The first-order valence-corrected chi connectivity index (χ1v) is 15.6. The minimum Gasteiger partial charge on any atom is -0.464 e. The first kappa shape index (κ1) is 34.8. The van der Waals surface area contributed by atoms with E-state index in [0.29, 0.717) is 19.3 Å². The molecule has 4 atom stereocenters. The number of carbonyl (C=O) groups excluding carboxylic acids is 5. The average Bonchev–Trinajstić information content (AvgIpc) is 2.97. The Balaban J connectivity index is 1.83. The molecule has 44 heavy (non-hydrogen) atoms. The molecule has 244 valence electrons. The lowest BCUT2D eigenvalue weighted by molar-refractivity contribution is -0.156. The maximum absolute atomic E-state index is 13.6. The van der Waals surface area contributed by atoms with Crippen LogP contribution in [0.1, 0.15) is 84.1 Å². The van der Waals surface area contributed by atoms with Crippen molar-refractivity contribution in [2.45, 2.75) is 115 Å². The van der Waals surface area contributed by atoms with Crippen molar-refractivity contribution in [3.8, 4) is 0 Å². The van der Waals surface area contributed by atoms with Crippen molar-refractivity contribution in [3.05, 3.63) is 35.9 Å². The minimum absolute atomic E-state index is 0.0174. The van der Waals surface area contributed by atoms with Crippen LogP contribution in [0.3, 0.4) is 0 Å². The van der Waals surface area contributed by atoms with Gasteiger partial charge in [-0.1, -0.05) is 62.4 Å². The summed E-state index contributed by atoms with van der Waals surface area (Å²) in [5.74, 6) is -2.69. The second kappa shape index (κ2) is 17.0. The van der Waals surface area contributed by atoms with E-state index in [1.807, 2.05) is 6.07 Å². The zero-order chi connectivity index (χ0) is 32.1. The Morgan fingerprint density at radius 1 is 1.02 bits per heavy atom. The van der Waals surface area contributed by atoms with Gasteiger partial charge in [0, 0.05) is 12.8 Å². The van der Waals surface area contributed by atoms with Crippen molar-refractivity contribution in [1.29, 1.82) is 0 Å². The molecule has 3 rings (SSSR count). The lowest BCUT2D eigenvalue weighted by Gasteiger charge is -2.31. The summed E-state index contributed by atoms with van der Waals surface area (Å²) >= 11 is 0. The highest BCUT2D eigenvalue weighted by molar-refractivity contribution is 5.92. The first-order valence-electron chi connectivity index (χ1n) is 15.6. The molecule has 1 saturated carbocycles. The van der Waals surface area contributed by atoms with Crippen molar-refractivity contribution in [2.75, 3.05) is 13.2 Å². The Kier molecular flexibility index (Phi) is 13.4. The second-order valence-electron chi connectivity index (χ2n) is 12.6. The van der Waals surface area contributed by atoms with Crippen molar-refractivity contribution < 1.29 is 43.3 Å². The maximum Gasteiger partial charge on any atom is 0.408 e. The van der Waals surface area contributed by atoms with Crippen LogP contribution in [-0.2, 0) is 39.8 Å². The fourth-order valence-corrected chi connectivity index (χ4v) is 5.34. The summed E-state index contributed by atoms with van der Waals surface area (Å²) in [5, 5.41) is 18.8. The van der Waals surface area contributed by atoms with Crippen LogP contribution >= 0.6 is 0 Å². The molecule has 12 nitrogen and oxygen atoms in total. The molecular weight excluding hydrogens is 570 g/mol. The van der Waals surface area contributed by atoms with Gasteiger partial charge in [0.05, 0.1) is 12.6 Å². The molecule has 2 aliphatic rings. The molecule has 2 fully saturated rings. The SMILES string of the molecule is CC(C)(C)OC(=O)NC(Cc1ccccc1)C(=O)N[C@H]1COC(=O)CCCCOC(=O)[C@H](O)[C@H](CC2CCCCC2)NC1=O. The third-order valence-corrected chi connectivity index (χ3v) is 7.62. The molecule has 1 saturated heterocycles. The number of hydrogen-bond acceptors (Lipinski definition) is 9. The normalized spacial score (nSPS) is 23.6. The van der Waals surface area contributed by atoms with Crippen LogP contribution in [0.4, 0.5) is 4.79 Å². The van der Waals surface area contributed by atoms with E-state index in [1.165, 1.54) is 0 Å². The van der Waals surface area contributed by atoms with E-state index in [1.54, 1.807) is 45.0 Å². The Hall–Kier alpha value is -3.67. The molecule has 1 aromatic rings. The van der Waals surface area contributed by atoms with E-state index in [2.05, 4.69) is 16.0 Å². The molecule has 1 aliphatic carbocycles. The molecule has 1 aliphatic heterocycles. The molecule has 0 bridgehead atoms. The Bertz CT molecular complexity index is 1120. The van der Waals surface area contributed by atoms with E-state index in [-0.39, 0.29) is 25.4 Å². The summed E-state index contributed by atoms with van der Waals surface area (Å²) in [4.78, 5) is 65.0. The lowest BCUT2D eigenvalue weighted by Crippen LogP contribution is -2.59. The lowest BCUT2D eigenvalue weighted by atomic mass is 9.83. The summed E-state index contributed by atoms with van der Waals surface area (Å²) in [5.41, 5.74) is -0.0633. The number of aliphatic hydroxyl groups is 1. The van der Waals surface area contributed by atoms with Crippen molar-refractivity contribution in [2.24, 2.45) is 5.92 Å². The summed E-state index contributed by atoms with van der Waals surface area (Å²) < 4.78 is 15.9. The van der Waals surface area contributed by atoms with E-state index in [0.717, 1.165) is 37.7 Å². The van der Waals surface area contributed by atoms with Crippen LogP contribution in [0.15, 0.2) is 30.3 Å². The van der Waals surface area contributed by atoms with Crippen molar-refractivity contribution in [1.82, 2.24) is 16.0 Å². The van der Waals surface area contributed by atoms with Crippen LogP contribution in [0.5, 0.6) is 0 Å². The predicted molar refractivity (Wildman–Crippen MR) is 160 cm³/mol. The Morgan fingerprint density at radius 2 is 1.73 bits per heavy atom. The largest absolute Gasteiger partial charge is 0.464 e. The summed E-state index contributed by atoms with van der Waals surface area (Å²) in [6.07, 6.45) is 3.76. The fraction of sp³-hybridized carbons (Fsp3) is 0.656. The van der Waals surface area contributed by atoms with E-state index in [4.69, 9.17) is 14.2 Å². The van der Waals surface area contributed by atoms with Crippen molar-refractivity contribution >= 4 is 29.8 Å². The second-order valence-corrected chi connectivity index (χ2v) is 12.6. The van der Waals surface area contributed by atoms with Gasteiger partial charge in [0.25, 0.3) is 0 Å². The van der Waals surface area contributed by atoms with Crippen LogP contribution in [0, 0.1) is 5.92 Å². The van der Waals surface area contributed by atoms with E-state index in [9.17, 15) is 29.1 Å². The predicted octanol–water partition coefficient (Wildman–Crippen LogP) is 2.69. The topological polar surface area (TPSA) is 169 Å². The third-order valence-electron chi connectivity index (χ3n) is 7.62. The van der Waals surface area contributed by atoms with Crippen LogP contribution in [0.2, 0.25) is 0 Å². The number of hydrogen-bond donors (Lipinski definition) is 4. The molecule has 1 heterocycles. The summed E-state index contributed by atoms with van der Waals surface area (Å²) in [6, 6.07) is 5.52. The van der Waals surface area contributed by atoms with Gasteiger partial charge in [-0.3, -0.25) is 14.4 Å². The van der Waals surface area contributed by atoms with Gasteiger partial charge in [-0.25, -0.2) is 9.59 Å². The first-order chi connectivity index (χ1) is 20.9. The number of benzene rings is 1. The standard InChI is InChI=1S/C32H47N3O9/c1-32(2,3)44-31(41)35-24(19-22-14-8-5-9-15-22)28(38)34-25-20-43-26(36)16-10-11-17-42-30(40)27(37)23(33-29(25)39)18-21-12-6-4-7-13-21/h5,8-9,14-15,21,23-25,27,37H,4,6-7,10-13,16-20H2,1-3H3,(H,33,39)(H,34,38)(H,35,41)/t23-,24?,25-,27+/m0/s1. The molecule has 1 unspecified atom stereocenters. The molecule has 1 aromatic carbocycles. The number of nitrogens with one attached hydrogen (secondary N) is 3. The van der Waals surface area contributed by atoms with Gasteiger partial charge >= 0.3 is 18.0 Å². The monoisotopic (exact) mass is 617 g/mol. The average molecular weight is 618 g/mol. The molecule has 12 heteroatoms. The van der Waals surface area contributed by atoms with Gasteiger partial charge in [0.15, 0.2) is 6.10 Å². The number of alkyl carbamates (subject to hydrolysis) is 1. The van der Waals surface area contributed by atoms with Crippen LogP contribution < -0.4 is 16.0 Å². The highest BCUT2D eigenvalue weighted by Gasteiger charge is 2.35. The number of cyclic esters (lactones) is 2. The minimum atomic E-state index is -1.61. The number of carbonyl (C=O) groups is 5. The summed E-state index contributed by atoms with van der Waals surface area (Å²) in [7, 11) is 0. The molecule has 0 spiro atoms. The smallest absolute Gasteiger partial charge is 0.408 e. The van der Waals surface area contributed by atoms with Gasteiger partial charge in [-0.2, -0.15) is 0 Å². The van der Waals surface area contributed by atoms with Gasteiger partial charge in [0.2, 0.25) is 11.8 Å². The molecular formula is C32H47N3O9. The Morgan fingerprint density at radius 3 is 2.41 bits per heavy atom. The molecule has 0 aromatic heterocycles. The molecule has 4 N–H and O–H groups in total. The van der Waals surface area contributed by atoms with Crippen molar-refractivity contribution in [3.63, 3.8) is 0 Å². The van der Waals surface area contributed by atoms with Gasteiger partial charge < -0.3 is 35.3 Å². The van der Waals surface area contributed by atoms with E-state index < -0.39 is 66.3 Å². The zero-order valence-corrected chi connectivity index (χ0v) is 26.0. The van der Waals surface area contributed by atoms with E-state index >= 15 is 0 Å². The fourth-order valence-electron chi connectivity index (χ4n) is 5.34. The highest BCUT2D eigenvalue weighted by Crippen LogP contribution is 2.28. The van der Waals surface area contributed by atoms with Crippen LogP contribution in [-0.4, -0.2) is 78.0 Å². The number of amides is 3. The summed E-state index contributed by atoms with van der Waals surface area (Å²) in [6.45, 7) is 4.64. The number of ether oxygens (including phenoxy) is 3. The van der Waals surface area contributed by atoms with Crippen LogP contribution in [0.25, 0.3) is 0 Å². The zero-order valence-electron chi connectivity index (χ0n) is 26.0. The Labute approximate surface area is 259 Å². The van der Waals surface area contributed by atoms with Gasteiger partial charge in [-0.15, -0.1) is 0 Å². The quantitative estimate of drug-likeness (QED) is 0.265. The molecule has 0 radical (unpaired) electrons. The number of esters is 2. The molecule has 3 amide bonds. The van der Waals surface area contributed by atoms with Gasteiger partial charge in [-0.05, 0) is 51.5 Å². The van der Waals surface area contributed by atoms with Gasteiger partial charge in [0.1, 0.15) is 24.3 Å². The third kappa shape index (κ3) is 12.1. The number of aliphatic hydroxyl groups excluding tert-OH is 1. The number of rotatable bonds is 7. The maximum atomic E-state index is 13.6.